The van der Waals surface area contributed by atoms with Gasteiger partial charge in [-0.25, -0.2) is 13.6 Å². The predicted octanol–water partition coefficient (Wildman–Crippen LogP) is 10.6. The number of nitriles is 2. The first-order valence-corrected chi connectivity index (χ1v) is 31.4. The molecule has 4 aromatic carbocycles. The van der Waals surface area contributed by atoms with Crippen LogP contribution in [0.4, 0.5) is 13.6 Å². The molecule has 16 heteroatoms. The Hall–Kier alpha value is -5.95. The number of nitrogens with one attached hydrogen (secondary N) is 1. The molecule has 2 saturated carbocycles. The van der Waals surface area contributed by atoms with Crippen LogP contribution >= 0.6 is 0 Å². The summed E-state index contributed by atoms with van der Waals surface area (Å²) in [5.74, 6) is -1.46. The quantitative estimate of drug-likeness (QED) is 0.127. The summed E-state index contributed by atoms with van der Waals surface area (Å²) in [5.41, 5.74) is 8.07. The van der Waals surface area contributed by atoms with Crippen LogP contribution in [0.5, 0.6) is 0 Å². The molecule has 0 radical (unpaired) electrons. The van der Waals surface area contributed by atoms with Crippen LogP contribution in [-0.4, -0.2) is 127 Å². The van der Waals surface area contributed by atoms with E-state index < -0.39 is 29.6 Å². The van der Waals surface area contributed by atoms with E-state index in [0.29, 0.717) is 48.4 Å². The molecular formula is C69H80F2N6O8. The second kappa shape index (κ2) is 23.6. The predicted molar refractivity (Wildman–Crippen MR) is 313 cm³/mol. The zero-order valence-corrected chi connectivity index (χ0v) is 49.4. The number of piperidine rings is 4. The first-order valence-electron chi connectivity index (χ1n) is 31.4. The maximum atomic E-state index is 15.6. The van der Waals surface area contributed by atoms with Gasteiger partial charge in [-0.15, -0.1) is 0 Å². The molecule has 448 valence electrons. The van der Waals surface area contributed by atoms with Crippen molar-refractivity contribution in [1.29, 1.82) is 10.5 Å². The van der Waals surface area contributed by atoms with Crippen LogP contribution < -0.4 is 5.32 Å². The van der Waals surface area contributed by atoms with Gasteiger partial charge in [-0.05, 0) is 190 Å². The fourth-order valence-corrected chi connectivity index (χ4v) is 16.0. The molecule has 14 nitrogen and oxygen atoms in total. The van der Waals surface area contributed by atoms with Gasteiger partial charge in [0.2, 0.25) is 0 Å². The lowest BCUT2D eigenvalue weighted by molar-refractivity contribution is -0.126. The van der Waals surface area contributed by atoms with Crippen LogP contribution in [0.25, 0.3) is 22.3 Å². The van der Waals surface area contributed by atoms with Gasteiger partial charge in [0.25, 0.3) is 0 Å². The minimum atomic E-state index is -0.693. The van der Waals surface area contributed by atoms with Gasteiger partial charge >= 0.3 is 6.09 Å². The number of likely N-dealkylation sites (tertiary alicyclic amines) is 3. The smallest absolute Gasteiger partial charge is 0.411 e. The molecule has 8 aliphatic heterocycles. The Morgan fingerprint density at radius 1 is 0.635 bits per heavy atom. The largest absolute Gasteiger partial charge is 0.444 e. The van der Waals surface area contributed by atoms with Gasteiger partial charge in [0, 0.05) is 51.1 Å². The Morgan fingerprint density at radius 3 is 1.55 bits per heavy atom. The van der Waals surface area contributed by atoms with Crippen molar-refractivity contribution in [2.75, 3.05) is 52.6 Å². The number of ether oxygens (including phenoxy) is 5. The standard InChI is InChI=1S/C37H44FN3O5.C32H36FN3O3/c1-36(2,3)46-35(43)41-29-9-8-27(16-29)34(41)33(42)15-23(19-39)14-26-6-4-25(18-32(26)38)24-5-7-28-20-45-37(31(28)17-24)10-12-40(13-11-37)30-21-44-22-30;33-29-15-22(1-3-23(29)11-20(16-34)12-30(37)31-24-5-6-26(13-24)35-31)21-2-4-25-17-39-32(28(25)14-21)7-9-36(10-8-32)27-18-38-19-27/h4-7,17-18,23,27,29-30,34H,8-16,20-22H2,1-3H3;1-4,14-15,20,24,26-27,31,35H,5-13,17-19H2/t23-,27+,29-,34+;20-,24+,26-,31+/m11/s1. The number of carbonyl (C=O) groups is 3. The average molecular weight is 1160 g/mol. The highest BCUT2D eigenvalue weighted by molar-refractivity contribution is 5.89. The minimum absolute atomic E-state index is 0.00442. The molecule has 2 aliphatic carbocycles. The number of hydrogen-bond donors (Lipinski definition) is 1. The third-order valence-corrected chi connectivity index (χ3v) is 20.9. The molecule has 10 aliphatic rings. The van der Waals surface area contributed by atoms with Crippen LogP contribution in [0.15, 0.2) is 72.8 Å². The summed E-state index contributed by atoms with van der Waals surface area (Å²) in [6.45, 7) is 13.9. The van der Waals surface area contributed by atoms with E-state index in [-0.39, 0.29) is 78.1 Å². The zero-order chi connectivity index (χ0) is 58.8. The number of carbonyl (C=O) groups excluding carboxylic acids is 3. The van der Waals surface area contributed by atoms with Gasteiger partial charge in [-0.3, -0.25) is 24.3 Å². The number of amides is 1. The molecule has 4 bridgehead atoms. The second-order valence-corrected chi connectivity index (χ2v) is 27.3. The Labute approximate surface area is 498 Å². The highest BCUT2D eigenvalue weighted by Crippen LogP contribution is 2.49. The van der Waals surface area contributed by atoms with Gasteiger partial charge < -0.3 is 29.0 Å². The van der Waals surface area contributed by atoms with E-state index in [1.807, 2.05) is 39.0 Å². The highest BCUT2D eigenvalue weighted by atomic mass is 19.1. The summed E-state index contributed by atoms with van der Waals surface area (Å²) in [5, 5.41) is 23.2. The number of hydrogen-bond acceptors (Lipinski definition) is 13. The van der Waals surface area contributed by atoms with Crippen molar-refractivity contribution in [3.63, 3.8) is 0 Å². The number of fused-ring (bicyclic) bond motifs is 8. The summed E-state index contributed by atoms with van der Waals surface area (Å²) in [6, 6.07) is 28.4. The van der Waals surface area contributed by atoms with Crippen LogP contribution in [0.1, 0.15) is 131 Å². The van der Waals surface area contributed by atoms with Gasteiger partial charge in [0.15, 0.2) is 11.6 Å². The lowest BCUT2D eigenvalue weighted by atomic mass is 9.82. The maximum absolute atomic E-state index is 15.6. The lowest BCUT2D eigenvalue weighted by Gasteiger charge is -2.45. The SMILES string of the molecule is CC(C)(C)OC(=O)N1[C@@H]2CC[C@@H](C2)[C@H]1C(=O)C[C@H](C#N)Cc1ccc(-c2ccc3c(c2)C2(CCN(C4COC4)CC2)OC3)cc1F.N#C[C@@H](CC(=O)[C@H]1N[C@@H]2CC[C@H]1C2)Cc1ccc(-c2ccc3c(c2)C2(CCN(C4COC4)CC2)OC3)cc1F. The number of halogens is 2. The van der Waals surface area contributed by atoms with E-state index in [1.54, 1.807) is 23.1 Å². The Kier molecular flexibility index (Phi) is 16.1. The summed E-state index contributed by atoms with van der Waals surface area (Å²) in [6.07, 6.45) is 9.67. The molecule has 0 unspecified atom stereocenters. The van der Waals surface area contributed by atoms with E-state index >= 15 is 8.78 Å². The van der Waals surface area contributed by atoms with E-state index in [1.165, 1.54) is 28.3 Å². The number of ketones is 2. The monoisotopic (exact) mass is 1160 g/mol. The van der Waals surface area contributed by atoms with E-state index in [9.17, 15) is 24.9 Å². The molecular weight excluding hydrogens is 1080 g/mol. The molecule has 0 aromatic heterocycles. The molecule has 1 N–H and O–H groups in total. The lowest BCUT2D eigenvalue weighted by Crippen LogP contribution is -2.54. The topological polar surface area (TPSA) is 167 Å². The summed E-state index contributed by atoms with van der Waals surface area (Å²) >= 11 is 0. The second-order valence-electron chi connectivity index (χ2n) is 27.3. The number of benzene rings is 4. The van der Waals surface area contributed by atoms with Crippen molar-refractivity contribution in [2.45, 2.75) is 177 Å². The van der Waals surface area contributed by atoms with Gasteiger partial charge in [0.1, 0.15) is 17.2 Å². The molecule has 2 spiro atoms. The molecule has 8 heterocycles. The molecule has 8 fully saturated rings. The van der Waals surface area contributed by atoms with Gasteiger partial charge in [0.05, 0.1) is 99.0 Å². The number of rotatable bonds is 14. The molecule has 1 amide bonds. The number of nitrogens with zero attached hydrogens (tertiary/aromatic N) is 5. The Balaban J connectivity index is 0.000000160. The molecule has 85 heavy (non-hydrogen) atoms. The summed E-state index contributed by atoms with van der Waals surface area (Å²) in [7, 11) is 0. The van der Waals surface area contributed by atoms with Crippen molar-refractivity contribution in [1.82, 2.24) is 20.0 Å². The van der Waals surface area contributed by atoms with Crippen LogP contribution in [0.3, 0.4) is 0 Å². The van der Waals surface area contributed by atoms with Crippen molar-refractivity contribution in [3.05, 3.63) is 118 Å². The highest BCUT2D eigenvalue weighted by Gasteiger charge is 2.53. The number of Topliss-reactive ketones (excluding diaryl/α,β-unsaturated/α-hetero) is 2. The first-order chi connectivity index (χ1) is 41.0. The molecule has 4 aromatic rings. The Morgan fingerprint density at radius 2 is 1.12 bits per heavy atom. The minimum Gasteiger partial charge on any atom is -0.444 e. The van der Waals surface area contributed by atoms with Crippen molar-refractivity contribution in [2.24, 2.45) is 23.7 Å². The van der Waals surface area contributed by atoms with E-state index in [2.05, 4.69) is 57.6 Å². The third-order valence-electron chi connectivity index (χ3n) is 20.9. The van der Waals surface area contributed by atoms with Gasteiger partial charge in [-0.2, -0.15) is 10.5 Å². The van der Waals surface area contributed by atoms with E-state index in [4.69, 9.17) is 23.7 Å². The average Bonchev–Trinajstić information content (AvgIpc) is 2.25. The molecule has 6 saturated heterocycles. The molecule has 8 atom stereocenters. The van der Waals surface area contributed by atoms with Crippen LogP contribution in [-0.2, 0) is 70.5 Å². The normalized spacial score (nSPS) is 27.1. The van der Waals surface area contributed by atoms with Crippen molar-refractivity contribution < 1.29 is 46.8 Å². The summed E-state index contributed by atoms with van der Waals surface area (Å²) in [4.78, 5) is 46.1. The van der Waals surface area contributed by atoms with E-state index in [0.717, 1.165) is 139 Å². The van der Waals surface area contributed by atoms with Crippen LogP contribution in [0, 0.1) is 58.0 Å². The zero-order valence-electron chi connectivity index (χ0n) is 49.4. The Bertz CT molecular complexity index is 3290. The fraction of sp³-hybridized carbons (Fsp3) is 0.580. The fourth-order valence-electron chi connectivity index (χ4n) is 16.0. The van der Waals surface area contributed by atoms with Crippen molar-refractivity contribution in [3.8, 4) is 34.4 Å². The third kappa shape index (κ3) is 11.6. The van der Waals surface area contributed by atoms with Crippen molar-refractivity contribution >= 4 is 17.7 Å². The van der Waals surface area contributed by atoms with Crippen LogP contribution in [0.2, 0.25) is 0 Å². The molecule has 14 rings (SSSR count). The summed E-state index contributed by atoms with van der Waals surface area (Å²) < 4.78 is 60.2. The first kappa shape index (κ1) is 58.1. The maximum Gasteiger partial charge on any atom is 0.411 e. The van der Waals surface area contributed by atoms with Gasteiger partial charge in [-0.1, -0.05) is 48.5 Å².